The van der Waals surface area contributed by atoms with Crippen LogP contribution in [0.15, 0.2) is 0 Å². The Morgan fingerprint density at radius 3 is 2.14 bits per heavy atom. The van der Waals surface area contributed by atoms with Crippen molar-refractivity contribution in [2.75, 3.05) is 0 Å². The third-order valence-corrected chi connectivity index (χ3v) is 0.556. The molecule has 0 saturated carbocycles. The Balaban J connectivity index is 3.87. The average Bonchev–Trinajstić information content (AvgIpc) is 1.62. The van der Waals surface area contributed by atoms with Gasteiger partial charge in [0.05, 0.1) is 12.5 Å². The Bertz CT molecular complexity index is 113. The van der Waals surface area contributed by atoms with Crippen molar-refractivity contribution in [2.24, 2.45) is 0 Å². The normalized spacial score (nSPS) is 17.1. The fourth-order valence-corrected chi connectivity index (χ4v) is 0.220. The van der Waals surface area contributed by atoms with Crippen LogP contribution in [0.2, 0.25) is 0 Å². The molecule has 0 aliphatic rings. The molecule has 40 valence electrons. The predicted molar refractivity (Wildman–Crippen MR) is 30.5 cm³/mol. The second-order valence-electron chi connectivity index (χ2n) is 0.815. The standard InChI is InChI=1S/C3H2Cl3N/c4-3(5,6)1-2-7/h1H2/i1D. The third kappa shape index (κ3) is 6.36. The van der Waals surface area contributed by atoms with Crippen molar-refractivity contribution in [1.82, 2.24) is 0 Å². The lowest BCUT2D eigenvalue weighted by Crippen LogP contribution is -1.97. The van der Waals surface area contributed by atoms with Gasteiger partial charge in [-0.05, 0) is 0 Å². The quantitative estimate of drug-likeness (QED) is 0.498. The number of hydrogen-bond acceptors (Lipinski definition) is 1. The monoisotopic (exact) mass is 158 g/mol. The molecule has 0 radical (unpaired) electrons. The molecule has 4 heteroatoms. The maximum Gasteiger partial charge on any atom is 0.203 e. The molecule has 0 aromatic carbocycles. The number of alkyl halides is 3. The third-order valence-electron chi connectivity index (χ3n) is 0.228. The lowest BCUT2D eigenvalue weighted by atomic mass is 10.5. The highest BCUT2D eigenvalue weighted by Gasteiger charge is 2.17. The molecule has 0 fully saturated rings. The Morgan fingerprint density at radius 1 is 1.71 bits per heavy atom. The van der Waals surface area contributed by atoms with Gasteiger partial charge in [0.1, 0.15) is 0 Å². The Labute approximate surface area is 58.2 Å². The van der Waals surface area contributed by atoms with E-state index in [1.165, 1.54) is 6.07 Å². The first-order chi connectivity index (χ1) is 3.48. The first-order valence-corrected chi connectivity index (χ1v) is 2.50. The molecule has 0 amide bonds. The summed E-state index contributed by atoms with van der Waals surface area (Å²) >= 11 is 15.3. The summed E-state index contributed by atoms with van der Waals surface area (Å²) in [6.07, 6.45) is -1.30. The van der Waals surface area contributed by atoms with Gasteiger partial charge in [0.2, 0.25) is 3.79 Å². The molecule has 0 aliphatic carbocycles. The van der Waals surface area contributed by atoms with Crippen LogP contribution in [0.5, 0.6) is 0 Å². The van der Waals surface area contributed by atoms with Gasteiger partial charge >= 0.3 is 0 Å². The van der Waals surface area contributed by atoms with Gasteiger partial charge in [0.25, 0.3) is 0 Å². The van der Waals surface area contributed by atoms with Crippen LogP contribution in [0.25, 0.3) is 0 Å². The fraction of sp³-hybridized carbons (Fsp3) is 0.667. The van der Waals surface area contributed by atoms with Crippen molar-refractivity contribution in [3.05, 3.63) is 0 Å². The number of hydrogen-bond donors (Lipinski definition) is 0. The van der Waals surface area contributed by atoms with Gasteiger partial charge in [-0.3, -0.25) is 0 Å². The van der Waals surface area contributed by atoms with E-state index in [4.69, 9.17) is 41.4 Å². The van der Waals surface area contributed by atoms with E-state index < -0.39 is 10.2 Å². The SMILES string of the molecule is [2H]C(C#N)C(Cl)(Cl)Cl. The molecule has 0 heterocycles. The molecule has 0 rings (SSSR count). The van der Waals surface area contributed by atoms with Crippen molar-refractivity contribution in [2.45, 2.75) is 10.2 Å². The summed E-state index contributed by atoms with van der Waals surface area (Å²) in [5.74, 6) is 0. The largest absolute Gasteiger partial charge is 0.203 e. The molecule has 7 heavy (non-hydrogen) atoms. The zero-order chi connectivity index (χ0) is 6.78. The van der Waals surface area contributed by atoms with Gasteiger partial charge in [0, 0.05) is 1.37 Å². The molecule has 0 bridgehead atoms. The molecule has 1 unspecified atom stereocenters. The van der Waals surface area contributed by atoms with E-state index in [0.29, 0.717) is 0 Å². The Hall–Kier alpha value is 0.360. The minimum absolute atomic E-state index is 1.30. The summed E-state index contributed by atoms with van der Waals surface area (Å²) in [7, 11) is 0. The van der Waals surface area contributed by atoms with Crippen LogP contribution >= 0.6 is 34.8 Å². The van der Waals surface area contributed by atoms with Crippen molar-refractivity contribution >= 4 is 34.8 Å². The summed E-state index contributed by atoms with van der Waals surface area (Å²) < 4.78 is 4.95. The maximum atomic E-state index is 7.98. The van der Waals surface area contributed by atoms with Crippen LogP contribution in [0.1, 0.15) is 7.77 Å². The number of halogens is 3. The highest BCUT2D eigenvalue weighted by molar-refractivity contribution is 6.67. The van der Waals surface area contributed by atoms with Gasteiger partial charge in [0.15, 0.2) is 0 Å². The molecule has 1 nitrogen and oxygen atoms in total. The molecule has 0 aromatic heterocycles. The zero-order valence-corrected chi connectivity index (χ0v) is 5.43. The Kier molecular flexibility index (Phi) is 2.05. The van der Waals surface area contributed by atoms with Crippen molar-refractivity contribution in [3.63, 3.8) is 0 Å². The summed E-state index contributed by atoms with van der Waals surface area (Å²) in [5.41, 5.74) is 0. The number of rotatable bonds is 0. The molecular formula is C3H2Cl3N. The van der Waals surface area contributed by atoms with Gasteiger partial charge in [-0.15, -0.1) is 0 Å². The summed E-state index contributed by atoms with van der Waals surface area (Å²) in [5, 5.41) is 7.98. The smallest absolute Gasteiger partial charge is 0.198 e. The average molecular weight is 159 g/mol. The van der Waals surface area contributed by atoms with Gasteiger partial charge in [-0.25, -0.2) is 0 Å². The topological polar surface area (TPSA) is 23.8 Å². The number of nitriles is 1. The molecular weight excluding hydrogens is 156 g/mol. The van der Waals surface area contributed by atoms with Crippen LogP contribution in [-0.4, -0.2) is 3.79 Å². The van der Waals surface area contributed by atoms with Crippen LogP contribution < -0.4 is 0 Å². The van der Waals surface area contributed by atoms with Crippen molar-refractivity contribution < 1.29 is 1.37 Å². The Morgan fingerprint density at radius 2 is 2.14 bits per heavy atom. The van der Waals surface area contributed by atoms with E-state index in [0.717, 1.165) is 0 Å². The molecule has 0 aliphatic heterocycles. The molecule has 0 N–H and O–H groups in total. The van der Waals surface area contributed by atoms with Gasteiger partial charge < -0.3 is 0 Å². The minimum atomic E-state index is -1.77. The van der Waals surface area contributed by atoms with Crippen LogP contribution in [0.4, 0.5) is 0 Å². The number of nitrogens with zero attached hydrogens (tertiary/aromatic N) is 1. The molecule has 0 aromatic rings. The zero-order valence-electron chi connectivity index (χ0n) is 4.16. The summed E-state index contributed by atoms with van der Waals surface area (Å²) in [6, 6.07) is 1.48. The van der Waals surface area contributed by atoms with Crippen LogP contribution in [0, 0.1) is 11.3 Å². The van der Waals surface area contributed by atoms with E-state index in [9.17, 15) is 0 Å². The fourth-order valence-electron chi connectivity index (χ4n) is 0.0732. The van der Waals surface area contributed by atoms with Crippen molar-refractivity contribution in [3.8, 4) is 6.07 Å². The lowest BCUT2D eigenvalue weighted by Gasteiger charge is -2.00. The highest BCUT2D eigenvalue weighted by Crippen LogP contribution is 2.28. The summed E-state index contributed by atoms with van der Waals surface area (Å²) in [6.45, 7) is 0. The lowest BCUT2D eigenvalue weighted by molar-refractivity contribution is 1.08. The second kappa shape index (κ2) is 2.61. The summed E-state index contributed by atoms with van der Waals surface area (Å²) in [4.78, 5) is 0. The first-order valence-electron chi connectivity index (χ1n) is 1.95. The molecule has 1 atom stereocenters. The second-order valence-corrected chi connectivity index (χ2v) is 3.18. The maximum absolute atomic E-state index is 7.98. The van der Waals surface area contributed by atoms with Gasteiger partial charge in [-0.1, -0.05) is 34.8 Å². The van der Waals surface area contributed by atoms with Gasteiger partial charge in [-0.2, -0.15) is 5.26 Å². The van der Waals surface area contributed by atoms with E-state index in [1.807, 2.05) is 0 Å². The highest BCUT2D eigenvalue weighted by atomic mass is 35.6. The molecule has 0 spiro atoms. The van der Waals surface area contributed by atoms with Crippen LogP contribution in [0.3, 0.4) is 0 Å². The van der Waals surface area contributed by atoms with Crippen molar-refractivity contribution in [1.29, 1.82) is 5.26 Å². The van der Waals surface area contributed by atoms with E-state index in [2.05, 4.69) is 0 Å². The van der Waals surface area contributed by atoms with Crippen LogP contribution in [-0.2, 0) is 0 Å². The first kappa shape index (κ1) is 5.50. The minimum Gasteiger partial charge on any atom is -0.198 e. The predicted octanol–water partition coefficient (Wildman–Crippen LogP) is 2.27. The van der Waals surface area contributed by atoms with E-state index in [-0.39, 0.29) is 0 Å². The van der Waals surface area contributed by atoms with E-state index >= 15 is 0 Å². The molecule has 0 saturated heterocycles. The van der Waals surface area contributed by atoms with E-state index in [1.54, 1.807) is 0 Å².